The molecular weight excluding hydrogens is 218 g/mol. The molecule has 2 N–H and O–H groups in total. The Bertz CT molecular complexity index is 385. The van der Waals surface area contributed by atoms with E-state index in [-0.39, 0.29) is 6.04 Å². The van der Waals surface area contributed by atoms with Gasteiger partial charge in [-0.25, -0.2) is 9.78 Å². The number of nitrogens with one attached hydrogen (secondary N) is 2. The fourth-order valence-corrected chi connectivity index (χ4v) is 1.33. The van der Waals surface area contributed by atoms with Crippen LogP contribution in [0, 0.1) is 13.8 Å². The second kappa shape index (κ2) is 4.77. The first-order valence-electron chi connectivity index (χ1n) is 5.71. The van der Waals surface area contributed by atoms with E-state index in [4.69, 9.17) is 4.74 Å². The Labute approximate surface area is 102 Å². The number of nitrogens with zero attached hydrogens (tertiary/aromatic N) is 1. The lowest BCUT2D eigenvalue weighted by atomic mass is 10.2. The van der Waals surface area contributed by atoms with Crippen LogP contribution < -0.4 is 5.32 Å². The molecule has 0 fully saturated rings. The molecule has 1 atom stereocenters. The van der Waals surface area contributed by atoms with Gasteiger partial charge in [-0.05, 0) is 41.5 Å². The maximum absolute atomic E-state index is 11.6. The predicted molar refractivity (Wildman–Crippen MR) is 65.8 cm³/mol. The van der Waals surface area contributed by atoms with Gasteiger partial charge in [0.2, 0.25) is 0 Å². The number of ether oxygens (including phenoxy) is 1. The van der Waals surface area contributed by atoms with Crippen molar-refractivity contribution < 1.29 is 9.53 Å². The average molecular weight is 239 g/mol. The predicted octanol–water partition coefficient (Wildman–Crippen LogP) is 2.61. The number of amides is 1. The van der Waals surface area contributed by atoms with Gasteiger partial charge >= 0.3 is 6.09 Å². The van der Waals surface area contributed by atoms with Crippen LogP contribution in [-0.2, 0) is 4.74 Å². The minimum Gasteiger partial charge on any atom is -0.444 e. The van der Waals surface area contributed by atoms with Gasteiger partial charge in [-0.1, -0.05) is 0 Å². The minimum atomic E-state index is -0.487. The van der Waals surface area contributed by atoms with Gasteiger partial charge in [0.1, 0.15) is 11.4 Å². The highest BCUT2D eigenvalue weighted by Crippen LogP contribution is 2.13. The molecular formula is C12H21N3O2. The summed E-state index contributed by atoms with van der Waals surface area (Å²) in [6.45, 7) is 11.2. The van der Waals surface area contributed by atoms with Crippen molar-refractivity contribution in [3.05, 3.63) is 17.2 Å². The van der Waals surface area contributed by atoms with Crippen LogP contribution in [0.1, 0.15) is 50.9 Å². The number of hydrogen-bond donors (Lipinski definition) is 2. The monoisotopic (exact) mass is 239 g/mol. The Hall–Kier alpha value is -1.52. The van der Waals surface area contributed by atoms with E-state index in [1.165, 1.54) is 0 Å². The second-order valence-corrected chi connectivity index (χ2v) is 5.20. The maximum Gasteiger partial charge on any atom is 0.408 e. The summed E-state index contributed by atoms with van der Waals surface area (Å²) in [7, 11) is 0. The molecule has 96 valence electrons. The van der Waals surface area contributed by atoms with E-state index in [2.05, 4.69) is 15.3 Å². The summed E-state index contributed by atoms with van der Waals surface area (Å²) >= 11 is 0. The molecule has 1 rings (SSSR count). The molecule has 1 aromatic heterocycles. The Kier molecular flexibility index (Phi) is 3.80. The van der Waals surface area contributed by atoms with Gasteiger partial charge in [0.15, 0.2) is 0 Å². The molecule has 0 radical (unpaired) electrons. The molecule has 5 heteroatoms. The first kappa shape index (κ1) is 13.5. The summed E-state index contributed by atoms with van der Waals surface area (Å²) in [6, 6.07) is -0.197. The van der Waals surface area contributed by atoms with Crippen molar-refractivity contribution in [1.29, 1.82) is 0 Å². The largest absolute Gasteiger partial charge is 0.444 e. The summed E-state index contributed by atoms with van der Waals surface area (Å²) < 4.78 is 5.18. The van der Waals surface area contributed by atoms with Gasteiger partial charge in [0.05, 0.1) is 11.7 Å². The lowest BCUT2D eigenvalue weighted by molar-refractivity contribution is 0.0506. The van der Waals surface area contributed by atoms with E-state index in [0.717, 1.165) is 17.2 Å². The number of rotatable bonds is 2. The maximum atomic E-state index is 11.6. The van der Waals surface area contributed by atoms with E-state index in [9.17, 15) is 4.79 Å². The van der Waals surface area contributed by atoms with Crippen LogP contribution in [0.3, 0.4) is 0 Å². The Morgan fingerprint density at radius 2 is 2.00 bits per heavy atom. The SMILES string of the molecule is Cc1nc(C(C)NC(=O)OC(C)(C)C)[nH]c1C. The van der Waals surface area contributed by atoms with Crippen LogP contribution in [0.25, 0.3) is 0 Å². The highest BCUT2D eigenvalue weighted by atomic mass is 16.6. The number of hydrogen-bond acceptors (Lipinski definition) is 3. The van der Waals surface area contributed by atoms with Gasteiger partial charge in [-0.15, -0.1) is 0 Å². The van der Waals surface area contributed by atoms with Crippen LogP contribution in [0.5, 0.6) is 0 Å². The van der Waals surface area contributed by atoms with E-state index in [1.807, 2.05) is 41.5 Å². The van der Waals surface area contributed by atoms with Crippen LogP contribution in [0.4, 0.5) is 4.79 Å². The quantitative estimate of drug-likeness (QED) is 0.833. The lowest BCUT2D eigenvalue weighted by Gasteiger charge is -2.21. The molecule has 17 heavy (non-hydrogen) atoms. The first-order valence-corrected chi connectivity index (χ1v) is 5.71. The molecule has 0 bridgehead atoms. The molecule has 1 aromatic rings. The fraction of sp³-hybridized carbons (Fsp3) is 0.667. The molecule has 1 unspecified atom stereocenters. The molecule has 0 aliphatic carbocycles. The normalized spacial score (nSPS) is 13.3. The van der Waals surface area contributed by atoms with Crippen molar-refractivity contribution in [3.63, 3.8) is 0 Å². The summed E-state index contributed by atoms with van der Waals surface area (Å²) in [6.07, 6.45) is -0.434. The molecule has 5 nitrogen and oxygen atoms in total. The van der Waals surface area contributed by atoms with E-state index in [1.54, 1.807) is 0 Å². The van der Waals surface area contributed by atoms with Crippen molar-refractivity contribution in [1.82, 2.24) is 15.3 Å². The standard InChI is InChI=1S/C12H21N3O2/c1-7-8(2)14-10(13-7)9(3)15-11(16)17-12(4,5)6/h9H,1-6H3,(H,13,14)(H,15,16). The third-order valence-corrected chi connectivity index (χ3v) is 2.29. The zero-order valence-corrected chi connectivity index (χ0v) is 11.3. The Morgan fingerprint density at radius 3 is 2.41 bits per heavy atom. The van der Waals surface area contributed by atoms with Gasteiger partial charge in [0, 0.05) is 5.69 Å². The number of carbonyl (C=O) groups is 1. The van der Waals surface area contributed by atoms with Crippen molar-refractivity contribution in [2.24, 2.45) is 0 Å². The second-order valence-electron chi connectivity index (χ2n) is 5.20. The molecule has 1 amide bonds. The van der Waals surface area contributed by atoms with E-state index < -0.39 is 11.7 Å². The first-order chi connectivity index (χ1) is 7.69. The smallest absolute Gasteiger partial charge is 0.408 e. The van der Waals surface area contributed by atoms with Crippen LogP contribution in [-0.4, -0.2) is 21.7 Å². The van der Waals surface area contributed by atoms with Crippen molar-refractivity contribution in [3.8, 4) is 0 Å². The number of H-pyrrole nitrogens is 1. The molecule has 0 aliphatic heterocycles. The number of carbonyl (C=O) groups excluding carboxylic acids is 1. The molecule has 1 heterocycles. The third-order valence-electron chi connectivity index (χ3n) is 2.29. The number of alkyl carbamates (subject to hydrolysis) is 1. The van der Waals surface area contributed by atoms with Crippen LogP contribution >= 0.6 is 0 Å². The zero-order valence-electron chi connectivity index (χ0n) is 11.3. The summed E-state index contributed by atoms with van der Waals surface area (Å²) in [5.74, 6) is 0.742. The van der Waals surface area contributed by atoms with Gasteiger partial charge in [-0.2, -0.15) is 0 Å². The number of aromatic amines is 1. The zero-order chi connectivity index (χ0) is 13.2. The summed E-state index contributed by atoms with van der Waals surface area (Å²) in [5, 5.41) is 2.74. The summed E-state index contributed by atoms with van der Waals surface area (Å²) in [4.78, 5) is 19.0. The number of imidazole rings is 1. The van der Waals surface area contributed by atoms with Crippen LogP contribution in [0.15, 0.2) is 0 Å². The van der Waals surface area contributed by atoms with E-state index in [0.29, 0.717) is 0 Å². The number of aromatic nitrogens is 2. The Balaban J connectivity index is 2.60. The lowest BCUT2D eigenvalue weighted by Crippen LogP contribution is -2.34. The average Bonchev–Trinajstić information content (AvgIpc) is 2.43. The van der Waals surface area contributed by atoms with Crippen LogP contribution in [0.2, 0.25) is 0 Å². The number of aryl methyl sites for hydroxylation is 2. The topological polar surface area (TPSA) is 67.0 Å². The third kappa shape index (κ3) is 4.09. The van der Waals surface area contributed by atoms with Gasteiger partial charge in [0.25, 0.3) is 0 Å². The summed E-state index contributed by atoms with van der Waals surface area (Å²) in [5.41, 5.74) is 1.47. The minimum absolute atomic E-state index is 0.197. The van der Waals surface area contributed by atoms with Gasteiger partial charge in [-0.3, -0.25) is 0 Å². The molecule has 0 saturated heterocycles. The molecule has 0 saturated carbocycles. The van der Waals surface area contributed by atoms with Crippen molar-refractivity contribution in [2.45, 2.75) is 53.2 Å². The van der Waals surface area contributed by atoms with Crippen molar-refractivity contribution in [2.75, 3.05) is 0 Å². The Morgan fingerprint density at radius 1 is 1.41 bits per heavy atom. The highest BCUT2D eigenvalue weighted by Gasteiger charge is 2.19. The van der Waals surface area contributed by atoms with E-state index >= 15 is 0 Å². The molecule has 0 aromatic carbocycles. The van der Waals surface area contributed by atoms with Crippen molar-refractivity contribution >= 4 is 6.09 Å². The molecule has 0 spiro atoms. The molecule has 0 aliphatic rings. The fourth-order valence-electron chi connectivity index (χ4n) is 1.33. The highest BCUT2D eigenvalue weighted by molar-refractivity contribution is 5.68. The van der Waals surface area contributed by atoms with Gasteiger partial charge < -0.3 is 15.0 Å².